The Balaban J connectivity index is 1.97. The maximum absolute atomic E-state index is 11.1. The molecule has 7 nitrogen and oxygen atoms in total. The van der Waals surface area contributed by atoms with Crippen LogP contribution in [-0.2, 0) is 4.79 Å². The van der Waals surface area contributed by atoms with Gasteiger partial charge < -0.3 is 5.32 Å². The first kappa shape index (κ1) is 12.9. The highest BCUT2D eigenvalue weighted by Crippen LogP contribution is 2.23. The number of hydrogen-bond donors (Lipinski definition) is 2. The predicted molar refractivity (Wildman–Crippen MR) is 77.1 cm³/mol. The van der Waals surface area contributed by atoms with Crippen LogP contribution < -0.4 is 5.32 Å². The molecule has 1 aromatic carbocycles. The van der Waals surface area contributed by atoms with Crippen LogP contribution in [0.3, 0.4) is 0 Å². The van der Waals surface area contributed by atoms with E-state index in [-0.39, 0.29) is 5.91 Å². The monoisotopic (exact) mass is 280 g/mol. The Kier molecular flexibility index (Phi) is 3.38. The number of aromatic amines is 1. The summed E-state index contributed by atoms with van der Waals surface area (Å²) in [5.74, 6) is 0.329. The first-order valence-corrected chi connectivity index (χ1v) is 6.31. The Morgan fingerprint density at radius 2 is 1.95 bits per heavy atom. The maximum atomic E-state index is 11.1. The quantitative estimate of drug-likeness (QED) is 0.763. The smallest absolute Gasteiger partial charge is 0.222 e. The van der Waals surface area contributed by atoms with Gasteiger partial charge in [-0.3, -0.25) is 4.79 Å². The third-order valence-electron chi connectivity index (χ3n) is 2.80. The van der Waals surface area contributed by atoms with Gasteiger partial charge in [-0.1, -0.05) is 18.2 Å². The molecule has 2 N–H and O–H groups in total. The van der Waals surface area contributed by atoms with E-state index in [2.05, 4.69) is 30.9 Å². The van der Waals surface area contributed by atoms with Crippen LogP contribution in [0.5, 0.6) is 0 Å². The summed E-state index contributed by atoms with van der Waals surface area (Å²) in [6, 6.07) is 13.1. The molecule has 2 heterocycles. The molecular weight excluding hydrogens is 268 g/mol. The van der Waals surface area contributed by atoms with E-state index < -0.39 is 0 Å². The summed E-state index contributed by atoms with van der Waals surface area (Å²) in [4.78, 5) is 15.6. The number of hydrogen-bond acceptors (Lipinski definition) is 5. The summed E-state index contributed by atoms with van der Waals surface area (Å²) in [5.41, 5.74) is 3.02. The molecule has 21 heavy (non-hydrogen) atoms. The second-order valence-corrected chi connectivity index (χ2v) is 4.41. The largest absolute Gasteiger partial charge is 0.326 e. The van der Waals surface area contributed by atoms with Gasteiger partial charge in [-0.15, -0.1) is 10.2 Å². The van der Waals surface area contributed by atoms with E-state index in [0.29, 0.717) is 11.5 Å². The Morgan fingerprint density at radius 1 is 1.14 bits per heavy atom. The molecule has 0 unspecified atom stereocenters. The maximum Gasteiger partial charge on any atom is 0.222 e. The summed E-state index contributed by atoms with van der Waals surface area (Å²) in [6.07, 6.45) is 0. The Morgan fingerprint density at radius 3 is 2.71 bits per heavy atom. The lowest BCUT2D eigenvalue weighted by molar-refractivity contribution is -0.114. The van der Waals surface area contributed by atoms with E-state index >= 15 is 0 Å². The predicted octanol–water partition coefficient (Wildman–Crippen LogP) is 1.89. The zero-order valence-corrected chi connectivity index (χ0v) is 11.2. The number of pyridine rings is 1. The van der Waals surface area contributed by atoms with E-state index in [1.165, 1.54) is 6.92 Å². The fourth-order valence-corrected chi connectivity index (χ4v) is 1.95. The van der Waals surface area contributed by atoms with E-state index in [1.54, 1.807) is 0 Å². The molecule has 104 valence electrons. The van der Waals surface area contributed by atoms with Gasteiger partial charge in [-0.25, -0.2) is 4.98 Å². The van der Waals surface area contributed by atoms with E-state index in [4.69, 9.17) is 0 Å². The number of carbonyl (C=O) groups is 1. The number of nitrogens with zero attached hydrogens (tertiary/aromatic N) is 4. The molecule has 0 spiro atoms. The van der Waals surface area contributed by atoms with Gasteiger partial charge in [0.25, 0.3) is 0 Å². The van der Waals surface area contributed by atoms with Crippen molar-refractivity contribution in [3.05, 3.63) is 42.5 Å². The SMILES string of the molecule is CC(=O)Nc1cccc(-c2cccc(-c3nn[nH]n3)n2)c1. The number of tetrazole rings is 1. The second-order valence-electron chi connectivity index (χ2n) is 4.41. The van der Waals surface area contributed by atoms with Gasteiger partial charge in [0.15, 0.2) is 0 Å². The highest BCUT2D eigenvalue weighted by molar-refractivity contribution is 5.89. The summed E-state index contributed by atoms with van der Waals surface area (Å²) in [5, 5.41) is 16.5. The summed E-state index contributed by atoms with van der Waals surface area (Å²) in [6.45, 7) is 1.47. The molecule has 0 atom stereocenters. The van der Waals surface area contributed by atoms with Crippen molar-refractivity contribution in [3.8, 4) is 22.8 Å². The summed E-state index contributed by atoms with van der Waals surface area (Å²) >= 11 is 0. The molecule has 0 aliphatic heterocycles. The van der Waals surface area contributed by atoms with Crippen molar-refractivity contribution < 1.29 is 4.79 Å². The molecule has 0 saturated carbocycles. The lowest BCUT2D eigenvalue weighted by Gasteiger charge is -2.06. The third-order valence-corrected chi connectivity index (χ3v) is 2.80. The van der Waals surface area contributed by atoms with Crippen molar-refractivity contribution in [1.82, 2.24) is 25.6 Å². The van der Waals surface area contributed by atoms with Crippen molar-refractivity contribution in [2.45, 2.75) is 6.92 Å². The van der Waals surface area contributed by atoms with E-state index in [9.17, 15) is 4.79 Å². The molecule has 3 rings (SSSR count). The van der Waals surface area contributed by atoms with Crippen LogP contribution in [0.1, 0.15) is 6.92 Å². The van der Waals surface area contributed by atoms with Crippen LogP contribution >= 0.6 is 0 Å². The van der Waals surface area contributed by atoms with Gasteiger partial charge in [0.05, 0.1) is 5.69 Å². The van der Waals surface area contributed by atoms with E-state index in [1.807, 2.05) is 42.5 Å². The first-order valence-electron chi connectivity index (χ1n) is 6.31. The number of aromatic nitrogens is 5. The normalized spacial score (nSPS) is 10.3. The fraction of sp³-hybridized carbons (Fsp3) is 0.0714. The first-order chi connectivity index (χ1) is 10.2. The molecule has 1 amide bonds. The fourth-order valence-electron chi connectivity index (χ4n) is 1.95. The van der Waals surface area contributed by atoms with Crippen LogP contribution in [-0.4, -0.2) is 31.5 Å². The van der Waals surface area contributed by atoms with Crippen LogP contribution in [0.2, 0.25) is 0 Å². The average molecular weight is 280 g/mol. The zero-order valence-electron chi connectivity index (χ0n) is 11.2. The van der Waals surface area contributed by atoms with Crippen molar-refractivity contribution >= 4 is 11.6 Å². The topological polar surface area (TPSA) is 96.5 Å². The van der Waals surface area contributed by atoms with Gasteiger partial charge in [0.2, 0.25) is 11.7 Å². The molecule has 0 bridgehead atoms. The molecular formula is C14H12N6O. The van der Waals surface area contributed by atoms with Gasteiger partial charge in [-0.2, -0.15) is 5.21 Å². The molecule has 0 aliphatic carbocycles. The molecule has 0 radical (unpaired) electrons. The van der Waals surface area contributed by atoms with Crippen LogP contribution in [0.4, 0.5) is 5.69 Å². The van der Waals surface area contributed by atoms with Gasteiger partial charge in [0.1, 0.15) is 5.69 Å². The van der Waals surface area contributed by atoms with Crippen LogP contribution in [0.25, 0.3) is 22.8 Å². The van der Waals surface area contributed by atoms with Gasteiger partial charge in [0, 0.05) is 18.2 Å². The Hall–Kier alpha value is -3.09. The minimum absolute atomic E-state index is 0.111. The van der Waals surface area contributed by atoms with Gasteiger partial charge >= 0.3 is 0 Å². The van der Waals surface area contributed by atoms with Crippen molar-refractivity contribution in [2.24, 2.45) is 0 Å². The minimum atomic E-state index is -0.111. The number of amides is 1. The van der Waals surface area contributed by atoms with Gasteiger partial charge in [-0.05, 0) is 29.5 Å². The highest BCUT2D eigenvalue weighted by atomic mass is 16.1. The molecule has 3 aromatic rings. The van der Waals surface area contributed by atoms with Crippen molar-refractivity contribution in [2.75, 3.05) is 5.32 Å². The summed E-state index contributed by atoms with van der Waals surface area (Å²) in [7, 11) is 0. The zero-order chi connectivity index (χ0) is 14.7. The third kappa shape index (κ3) is 2.92. The standard InChI is InChI=1S/C14H12N6O/c1-9(21)15-11-5-2-4-10(8-11)12-6-3-7-13(16-12)14-17-19-20-18-14/h2-8H,1H3,(H,15,21)(H,17,18,19,20). The molecule has 2 aromatic heterocycles. The van der Waals surface area contributed by atoms with E-state index in [0.717, 1.165) is 16.9 Å². The highest BCUT2D eigenvalue weighted by Gasteiger charge is 2.07. The minimum Gasteiger partial charge on any atom is -0.326 e. The number of benzene rings is 1. The number of carbonyl (C=O) groups excluding carboxylic acids is 1. The van der Waals surface area contributed by atoms with Crippen molar-refractivity contribution in [3.63, 3.8) is 0 Å². The van der Waals surface area contributed by atoms with Crippen LogP contribution in [0, 0.1) is 0 Å². The van der Waals surface area contributed by atoms with Crippen molar-refractivity contribution in [1.29, 1.82) is 0 Å². The molecule has 0 saturated heterocycles. The van der Waals surface area contributed by atoms with Crippen LogP contribution in [0.15, 0.2) is 42.5 Å². The number of nitrogens with one attached hydrogen (secondary N) is 2. The molecule has 0 aliphatic rings. The summed E-state index contributed by atoms with van der Waals surface area (Å²) < 4.78 is 0. The molecule has 0 fully saturated rings. The Bertz CT molecular complexity index is 769. The lowest BCUT2D eigenvalue weighted by Crippen LogP contribution is -2.05. The number of rotatable bonds is 3. The Labute approximate surface area is 120 Å². The lowest BCUT2D eigenvalue weighted by atomic mass is 10.1. The number of anilines is 1. The average Bonchev–Trinajstić information content (AvgIpc) is 3.01. The number of H-pyrrole nitrogens is 1. The molecule has 7 heteroatoms. The second kappa shape index (κ2) is 5.49.